The number of nitrogens with zero attached hydrogens (tertiary/aromatic N) is 2. The summed E-state index contributed by atoms with van der Waals surface area (Å²) >= 11 is 1.56. The van der Waals surface area contributed by atoms with Gasteiger partial charge in [0.15, 0.2) is 0 Å². The Bertz CT molecular complexity index is 837. The van der Waals surface area contributed by atoms with Crippen LogP contribution in [0.25, 0.3) is 10.6 Å². The first-order valence-corrected chi connectivity index (χ1v) is 9.10. The lowest BCUT2D eigenvalue weighted by atomic mass is 10.3. The first-order valence-electron chi connectivity index (χ1n) is 8.28. The van der Waals surface area contributed by atoms with Crippen LogP contribution in [0, 0.1) is 6.92 Å². The van der Waals surface area contributed by atoms with Gasteiger partial charge in [-0.2, -0.15) is 0 Å². The van der Waals surface area contributed by atoms with Crippen LogP contribution in [0.15, 0.2) is 54.9 Å². The molecule has 134 valence electrons. The standard InChI is InChI=1S/C19H20N4O2S/c1-14-17(26-18(23-14)15-6-5-9-20-12-15)13-22-19(24)21-10-11-25-16-7-3-2-4-8-16/h2-9,12H,10-11,13H2,1H3,(H2,21,22,24). The molecular weight excluding hydrogens is 348 g/mol. The topological polar surface area (TPSA) is 76.1 Å². The van der Waals surface area contributed by atoms with Crippen LogP contribution in [0.4, 0.5) is 4.79 Å². The number of aryl methyl sites for hydroxylation is 1. The predicted octanol–water partition coefficient (Wildman–Crippen LogP) is 3.39. The second kappa shape index (κ2) is 8.96. The highest BCUT2D eigenvalue weighted by Crippen LogP contribution is 2.27. The number of urea groups is 1. The van der Waals surface area contributed by atoms with Crippen LogP contribution < -0.4 is 15.4 Å². The van der Waals surface area contributed by atoms with E-state index in [2.05, 4.69) is 20.6 Å². The number of benzene rings is 1. The molecule has 3 aromatic rings. The smallest absolute Gasteiger partial charge is 0.315 e. The zero-order valence-electron chi connectivity index (χ0n) is 14.4. The van der Waals surface area contributed by atoms with Gasteiger partial charge in [0.1, 0.15) is 17.4 Å². The molecule has 3 rings (SSSR count). The van der Waals surface area contributed by atoms with Gasteiger partial charge in [0, 0.05) is 22.8 Å². The summed E-state index contributed by atoms with van der Waals surface area (Å²) in [5.74, 6) is 0.790. The van der Waals surface area contributed by atoms with E-state index in [0.29, 0.717) is 19.7 Å². The number of amides is 2. The van der Waals surface area contributed by atoms with E-state index in [1.807, 2.05) is 49.4 Å². The summed E-state index contributed by atoms with van der Waals surface area (Å²) in [5, 5.41) is 6.54. The van der Waals surface area contributed by atoms with E-state index in [1.54, 1.807) is 23.7 Å². The van der Waals surface area contributed by atoms with Crippen molar-refractivity contribution >= 4 is 17.4 Å². The lowest BCUT2D eigenvalue weighted by Crippen LogP contribution is -2.37. The Morgan fingerprint density at radius 3 is 2.77 bits per heavy atom. The van der Waals surface area contributed by atoms with Crippen LogP contribution in [0.1, 0.15) is 10.6 Å². The summed E-state index contributed by atoms with van der Waals surface area (Å²) < 4.78 is 5.53. The molecule has 7 heteroatoms. The molecule has 2 aromatic heterocycles. The molecule has 0 unspecified atom stereocenters. The monoisotopic (exact) mass is 368 g/mol. The number of para-hydroxylation sites is 1. The Labute approximate surface area is 156 Å². The maximum absolute atomic E-state index is 11.9. The summed E-state index contributed by atoms with van der Waals surface area (Å²) in [5.41, 5.74) is 1.90. The van der Waals surface area contributed by atoms with Gasteiger partial charge in [0.25, 0.3) is 0 Å². The second-order valence-corrected chi connectivity index (χ2v) is 6.62. The normalized spacial score (nSPS) is 10.3. The number of nitrogens with one attached hydrogen (secondary N) is 2. The molecule has 2 amide bonds. The van der Waals surface area contributed by atoms with E-state index in [-0.39, 0.29) is 6.03 Å². The van der Waals surface area contributed by atoms with E-state index in [9.17, 15) is 4.79 Å². The van der Waals surface area contributed by atoms with Gasteiger partial charge >= 0.3 is 6.03 Å². The molecule has 0 aliphatic rings. The number of pyridine rings is 1. The fourth-order valence-electron chi connectivity index (χ4n) is 2.28. The van der Waals surface area contributed by atoms with Gasteiger partial charge in [-0.1, -0.05) is 18.2 Å². The molecule has 0 atom stereocenters. The number of aromatic nitrogens is 2. The Kier molecular flexibility index (Phi) is 6.16. The summed E-state index contributed by atoms with van der Waals surface area (Å²) in [7, 11) is 0. The molecule has 0 aliphatic heterocycles. The van der Waals surface area contributed by atoms with Gasteiger partial charge in [-0.3, -0.25) is 4.98 Å². The quantitative estimate of drug-likeness (QED) is 0.627. The number of carbonyl (C=O) groups is 1. The van der Waals surface area contributed by atoms with Crippen LogP contribution in [0.5, 0.6) is 5.75 Å². The zero-order chi connectivity index (χ0) is 18.2. The highest BCUT2D eigenvalue weighted by molar-refractivity contribution is 7.15. The Balaban J connectivity index is 1.42. The van der Waals surface area contributed by atoms with E-state index in [4.69, 9.17) is 4.74 Å². The van der Waals surface area contributed by atoms with Crippen LogP contribution >= 0.6 is 11.3 Å². The van der Waals surface area contributed by atoms with Crippen molar-refractivity contribution in [3.8, 4) is 16.3 Å². The van der Waals surface area contributed by atoms with Crippen molar-refractivity contribution < 1.29 is 9.53 Å². The van der Waals surface area contributed by atoms with E-state index >= 15 is 0 Å². The fourth-order valence-corrected chi connectivity index (χ4v) is 3.27. The number of hydrogen-bond acceptors (Lipinski definition) is 5. The van der Waals surface area contributed by atoms with Crippen molar-refractivity contribution in [1.82, 2.24) is 20.6 Å². The minimum absolute atomic E-state index is 0.225. The molecule has 0 bridgehead atoms. The maximum Gasteiger partial charge on any atom is 0.315 e. The van der Waals surface area contributed by atoms with Crippen molar-refractivity contribution in [3.63, 3.8) is 0 Å². The van der Waals surface area contributed by atoms with E-state index in [0.717, 1.165) is 26.9 Å². The predicted molar refractivity (Wildman–Crippen MR) is 102 cm³/mol. The average molecular weight is 368 g/mol. The lowest BCUT2D eigenvalue weighted by Gasteiger charge is -2.08. The number of rotatable bonds is 7. The molecule has 6 nitrogen and oxygen atoms in total. The third kappa shape index (κ3) is 5.03. The fraction of sp³-hybridized carbons (Fsp3) is 0.211. The summed E-state index contributed by atoms with van der Waals surface area (Å²) in [6.45, 7) is 3.24. The first-order chi connectivity index (χ1) is 12.7. The highest BCUT2D eigenvalue weighted by atomic mass is 32.1. The zero-order valence-corrected chi connectivity index (χ0v) is 15.3. The average Bonchev–Trinajstić information content (AvgIpc) is 3.06. The summed E-state index contributed by atoms with van der Waals surface area (Å²) in [4.78, 5) is 21.6. The third-order valence-corrected chi connectivity index (χ3v) is 4.82. The van der Waals surface area contributed by atoms with E-state index < -0.39 is 0 Å². The van der Waals surface area contributed by atoms with Gasteiger partial charge in [0.05, 0.1) is 18.8 Å². The second-order valence-electron chi connectivity index (χ2n) is 5.54. The van der Waals surface area contributed by atoms with Crippen molar-refractivity contribution in [1.29, 1.82) is 0 Å². The van der Waals surface area contributed by atoms with Crippen LogP contribution in [0.3, 0.4) is 0 Å². The first kappa shape index (κ1) is 17.9. The Morgan fingerprint density at radius 1 is 1.15 bits per heavy atom. The highest BCUT2D eigenvalue weighted by Gasteiger charge is 2.10. The van der Waals surface area contributed by atoms with Crippen LogP contribution in [-0.4, -0.2) is 29.2 Å². The Morgan fingerprint density at radius 2 is 2.00 bits per heavy atom. The molecule has 0 aliphatic carbocycles. The maximum atomic E-state index is 11.9. The largest absolute Gasteiger partial charge is 0.492 e. The SMILES string of the molecule is Cc1nc(-c2cccnc2)sc1CNC(=O)NCCOc1ccccc1. The molecule has 2 heterocycles. The van der Waals surface area contributed by atoms with Crippen molar-refractivity contribution in [2.24, 2.45) is 0 Å². The van der Waals surface area contributed by atoms with Crippen LogP contribution in [0.2, 0.25) is 0 Å². The van der Waals surface area contributed by atoms with Crippen molar-refractivity contribution in [2.75, 3.05) is 13.2 Å². The molecule has 0 saturated heterocycles. The molecular formula is C19H20N4O2S. The molecule has 0 spiro atoms. The molecule has 0 fully saturated rings. The number of thiazole rings is 1. The lowest BCUT2D eigenvalue weighted by molar-refractivity contribution is 0.236. The molecule has 2 N–H and O–H groups in total. The van der Waals surface area contributed by atoms with Crippen LogP contribution in [-0.2, 0) is 6.54 Å². The minimum atomic E-state index is -0.225. The number of ether oxygens (including phenoxy) is 1. The molecule has 26 heavy (non-hydrogen) atoms. The summed E-state index contributed by atoms with van der Waals surface area (Å²) in [6, 6.07) is 13.1. The van der Waals surface area contributed by atoms with E-state index in [1.165, 1.54) is 0 Å². The van der Waals surface area contributed by atoms with Gasteiger partial charge in [-0.05, 0) is 31.2 Å². The van der Waals surface area contributed by atoms with Gasteiger partial charge in [0.2, 0.25) is 0 Å². The Hall–Kier alpha value is -2.93. The van der Waals surface area contributed by atoms with Gasteiger partial charge in [-0.15, -0.1) is 11.3 Å². The van der Waals surface area contributed by atoms with Gasteiger partial charge in [-0.25, -0.2) is 9.78 Å². The molecule has 0 saturated carbocycles. The van der Waals surface area contributed by atoms with Crippen molar-refractivity contribution in [3.05, 3.63) is 65.4 Å². The summed E-state index contributed by atoms with van der Waals surface area (Å²) in [6.07, 6.45) is 3.52. The number of hydrogen-bond donors (Lipinski definition) is 2. The molecule has 1 aromatic carbocycles. The van der Waals surface area contributed by atoms with Gasteiger partial charge < -0.3 is 15.4 Å². The number of carbonyl (C=O) groups excluding carboxylic acids is 1. The third-order valence-electron chi connectivity index (χ3n) is 3.61. The molecule has 0 radical (unpaired) electrons. The van der Waals surface area contributed by atoms with Crippen molar-refractivity contribution in [2.45, 2.75) is 13.5 Å². The minimum Gasteiger partial charge on any atom is -0.492 e.